The summed E-state index contributed by atoms with van der Waals surface area (Å²) in [7, 11) is 2.12. The zero-order chi connectivity index (χ0) is 30.2. The maximum absolute atomic E-state index is 13.8. The lowest BCUT2D eigenvalue weighted by Gasteiger charge is -2.23. The van der Waals surface area contributed by atoms with E-state index in [-0.39, 0.29) is 17.2 Å². The van der Waals surface area contributed by atoms with Crippen molar-refractivity contribution in [2.75, 3.05) is 23.9 Å². The van der Waals surface area contributed by atoms with E-state index >= 15 is 0 Å². The summed E-state index contributed by atoms with van der Waals surface area (Å²) >= 11 is 0. The van der Waals surface area contributed by atoms with Crippen LogP contribution in [0, 0.1) is 13.8 Å². The van der Waals surface area contributed by atoms with Gasteiger partial charge in [-0.15, -0.1) is 0 Å². The van der Waals surface area contributed by atoms with Gasteiger partial charge in [-0.1, -0.05) is 39.0 Å². The summed E-state index contributed by atoms with van der Waals surface area (Å²) in [6.07, 6.45) is 2.93. The molecule has 220 valence electrons. The van der Waals surface area contributed by atoms with Crippen molar-refractivity contribution in [3.8, 4) is 5.75 Å². The Morgan fingerprint density at radius 3 is 2.55 bits per heavy atom. The highest BCUT2D eigenvalue weighted by atomic mass is 28.2. The molecule has 42 heavy (non-hydrogen) atoms. The van der Waals surface area contributed by atoms with Crippen LogP contribution in [-0.2, 0) is 23.0 Å². The highest BCUT2D eigenvalue weighted by Crippen LogP contribution is 2.35. The number of rotatable bonds is 6. The summed E-state index contributed by atoms with van der Waals surface area (Å²) < 4.78 is 13.4. The SMILES string of the molecule is COc1cc(C(=O)N2CCCCc3ccccc32)ccc1C(=O)Nc1c(C)c(C)cc2c1nc(C(C)(C)C)n2CO[SiH3]. The number of anilines is 2. The number of benzene rings is 3. The highest BCUT2D eigenvalue weighted by Gasteiger charge is 2.27. The Kier molecular flexibility index (Phi) is 8.25. The van der Waals surface area contributed by atoms with E-state index in [0.29, 0.717) is 46.3 Å². The van der Waals surface area contributed by atoms with E-state index in [4.69, 9.17) is 14.1 Å². The van der Waals surface area contributed by atoms with E-state index in [2.05, 4.69) is 42.8 Å². The van der Waals surface area contributed by atoms with Crippen LogP contribution < -0.4 is 15.0 Å². The normalized spacial score (nSPS) is 13.6. The smallest absolute Gasteiger partial charge is 0.259 e. The summed E-state index contributed by atoms with van der Waals surface area (Å²) in [5, 5.41) is 3.13. The van der Waals surface area contributed by atoms with Gasteiger partial charge >= 0.3 is 0 Å². The lowest BCUT2D eigenvalue weighted by atomic mass is 9.96. The van der Waals surface area contributed by atoms with Crippen molar-refractivity contribution < 1.29 is 18.8 Å². The molecule has 1 aromatic heterocycles. The number of methoxy groups -OCH3 is 1. The van der Waals surface area contributed by atoms with Crippen LogP contribution in [0.25, 0.3) is 11.0 Å². The Balaban J connectivity index is 1.50. The van der Waals surface area contributed by atoms with Crippen LogP contribution in [-0.4, -0.2) is 45.5 Å². The molecule has 8 nitrogen and oxygen atoms in total. The molecule has 0 saturated heterocycles. The summed E-state index contributed by atoms with van der Waals surface area (Å²) in [5.41, 5.74) is 7.01. The van der Waals surface area contributed by atoms with Crippen molar-refractivity contribution in [3.05, 3.63) is 82.2 Å². The molecular weight excluding hydrogens is 544 g/mol. The Bertz CT molecular complexity index is 1670. The summed E-state index contributed by atoms with van der Waals surface area (Å²) in [6.45, 7) is 11.4. The number of imidazole rings is 1. The van der Waals surface area contributed by atoms with Crippen LogP contribution in [0.4, 0.5) is 11.4 Å². The van der Waals surface area contributed by atoms with Crippen molar-refractivity contribution in [1.29, 1.82) is 0 Å². The van der Waals surface area contributed by atoms with Gasteiger partial charge in [0.1, 0.15) is 34.3 Å². The predicted octanol–water partition coefficient (Wildman–Crippen LogP) is 5.45. The fourth-order valence-electron chi connectivity index (χ4n) is 5.72. The van der Waals surface area contributed by atoms with Crippen LogP contribution >= 0.6 is 0 Å². The second kappa shape index (κ2) is 11.7. The number of para-hydroxylation sites is 1. The van der Waals surface area contributed by atoms with Gasteiger partial charge in [0.05, 0.1) is 23.9 Å². The molecule has 2 amide bonds. The number of fused-ring (bicyclic) bond motifs is 2. The number of carbonyl (C=O) groups is 2. The van der Waals surface area contributed by atoms with Crippen molar-refractivity contribution >= 4 is 44.7 Å². The van der Waals surface area contributed by atoms with Crippen molar-refractivity contribution in [3.63, 3.8) is 0 Å². The molecule has 9 heteroatoms. The number of carbonyl (C=O) groups excluding carboxylic acids is 2. The number of ether oxygens (including phenoxy) is 1. The molecular formula is C33H40N4O4Si. The van der Waals surface area contributed by atoms with Crippen LogP contribution in [0.2, 0.25) is 0 Å². The molecule has 3 aromatic carbocycles. The Morgan fingerprint density at radius 2 is 1.83 bits per heavy atom. The van der Waals surface area contributed by atoms with Gasteiger partial charge in [0.25, 0.3) is 11.8 Å². The first-order valence-electron chi connectivity index (χ1n) is 14.4. The molecule has 1 aliphatic heterocycles. The van der Waals surface area contributed by atoms with E-state index in [1.807, 2.05) is 36.9 Å². The van der Waals surface area contributed by atoms with Crippen LogP contribution in [0.1, 0.15) is 76.8 Å². The minimum absolute atomic E-state index is 0.104. The molecule has 4 aromatic rings. The first-order valence-corrected chi connectivity index (χ1v) is 15.3. The third-order valence-electron chi connectivity index (χ3n) is 8.03. The zero-order valence-corrected chi connectivity index (χ0v) is 27.6. The van der Waals surface area contributed by atoms with Crippen molar-refractivity contribution in [1.82, 2.24) is 9.55 Å². The number of aryl methyl sites for hydroxylation is 2. The number of hydrogen-bond acceptors (Lipinski definition) is 5. The summed E-state index contributed by atoms with van der Waals surface area (Å²) in [5.74, 6) is 0.803. The minimum Gasteiger partial charge on any atom is -0.496 e. The molecule has 0 fully saturated rings. The third-order valence-corrected chi connectivity index (χ3v) is 8.29. The van der Waals surface area contributed by atoms with Gasteiger partial charge in [-0.25, -0.2) is 4.98 Å². The second-order valence-electron chi connectivity index (χ2n) is 12.0. The monoisotopic (exact) mass is 584 g/mol. The Morgan fingerprint density at radius 1 is 1.07 bits per heavy atom. The van der Waals surface area contributed by atoms with Gasteiger partial charge in [0, 0.05) is 23.2 Å². The van der Waals surface area contributed by atoms with E-state index in [9.17, 15) is 9.59 Å². The van der Waals surface area contributed by atoms with Crippen molar-refractivity contribution in [2.24, 2.45) is 0 Å². The molecule has 1 aliphatic rings. The van der Waals surface area contributed by atoms with E-state index < -0.39 is 0 Å². The maximum atomic E-state index is 13.8. The fourth-order valence-corrected chi connectivity index (χ4v) is 5.98. The molecule has 1 N–H and O–H groups in total. The summed E-state index contributed by atoms with van der Waals surface area (Å²) in [6, 6.07) is 15.2. The largest absolute Gasteiger partial charge is 0.496 e. The zero-order valence-electron chi connectivity index (χ0n) is 25.6. The molecule has 0 unspecified atom stereocenters. The molecule has 0 saturated carbocycles. The molecule has 0 radical (unpaired) electrons. The second-order valence-corrected chi connectivity index (χ2v) is 12.6. The first kappa shape index (κ1) is 29.5. The predicted molar refractivity (Wildman–Crippen MR) is 171 cm³/mol. The maximum Gasteiger partial charge on any atom is 0.259 e. The topological polar surface area (TPSA) is 85.7 Å². The lowest BCUT2D eigenvalue weighted by molar-refractivity contribution is 0.0982. The minimum atomic E-state index is -0.327. The quantitative estimate of drug-likeness (QED) is 0.305. The highest BCUT2D eigenvalue weighted by molar-refractivity contribution is 6.12. The molecule has 0 spiro atoms. The van der Waals surface area contributed by atoms with Gasteiger partial charge < -0.3 is 23.9 Å². The van der Waals surface area contributed by atoms with E-state index in [1.165, 1.54) is 12.7 Å². The van der Waals surface area contributed by atoms with E-state index in [1.54, 1.807) is 18.2 Å². The lowest BCUT2D eigenvalue weighted by Crippen LogP contribution is -2.31. The van der Waals surface area contributed by atoms with Crippen LogP contribution in [0.5, 0.6) is 5.75 Å². The number of amides is 2. The molecule has 0 atom stereocenters. The van der Waals surface area contributed by atoms with Gasteiger partial charge in [-0.2, -0.15) is 0 Å². The van der Waals surface area contributed by atoms with E-state index in [0.717, 1.165) is 52.9 Å². The van der Waals surface area contributed by atoms with Gasteiger partial charge in [0.15, 0.2) is 0 Å². The molecule has 5 rings (SSSR count). The van der Waals surface area contributed by atoms with Crippen LogP contribution in [0.15, 0.2) is 48.5 Å². The van der Waals surface area contributed by atoms with Gasteiger partial charge in [-0.05, 0) is 80.1 Å². The first-order chi connectivity index (χ1) is 20.0. The number of aromatic nitrogens is 2. The molecule has 2 heterocycles. The standard InChI is InChI=1S/C33H40N4O4Si/c1-20-17-26-29(35-32(33(3,4)5)37(26)19-41-42)28(21(20)2)34-30(38)24-15-14-23(18-27(24)40-6)31(39)36-16-10-9-12-22-11-7-8-13-25(22)36/h7-8,11,13-15,17-18H,9-10,12,16,19H2,1-6,42H3,(H,34,38). The Labute approximate surface area is 250 Å². The van der Waals surface area contributed by atoms with Crippen LogP contribution in [0.3, 0.4) is 0 Å². The van der Waals surface area contributed by atoms with Crippen molar-refractivity contribution in [2.45, 2.75) is 66.0 Å². The molecule has 0 bridgehead atoms. The number of nitrogens with zero attached hydrogens (tertiary/aromatic N) is 3. The fraction of sp³-hybridized carbons (Fsp3) is 0.364. The molecule has 0 aliphatic carbocycles. The number of hydrogen-bond donors (Lipinski definition) is 1. The average molecular weight is 585 g/mol. The Hall–Kier alpha value is -3.95. The van der Waals surface area contributed by atoms with Gasteiger partial charge in [-0.3, -0.25) is 9.59 Å². The average Bonchev–Trinajstić information content (AvgIpc) is 3.19. The summed E-state index contributed by atoms with van der Waals surface area (Å²) in [4.78, 5) is 34.3. The number of nitrogens with one attached hydrogen (secondary N) is 1. The van der Waals surface area contributed by atoms with Gasteiger partial charge in [0.2, 0.25) is 0 Å². The third kappa shape index (κ3) is 5.46.